The van der Waals surface area contributed by atoms with E-state index in [-0.39, 0.29) is 23.2 Å². The van der Waals surface area contributed by atoms with E-state index in [1.54, 1.807) is 0 Å². The first-order valence-corrected chi connectivity index (χ1v) is 6.01. The van der Waals surface area contributed by atoms with Gasteiger partial charge in [0.1, 0.15) is 11.6 Å². The number of halogens is 2. The summed E-state index contributed by atoms with van der Waals surface area (Å²) in [6.45, 7) is 4.35. The van der Waals surface area contributed by atoms with Crippen molar-refractivity contribution in [2.45, 2.75) is 19.8 Å². The molecule has 0 aliphatic heterocycles. The van der Waals surface area contributed by atoms with Crippen LogP contribution in [0.5, 0.6) is 0 Å². The van der Waals surface area contributed by atoms with Crippen LogP contribution in [0.1, 0.15) is 25.7 Å². The number of nitrogens with zero attached hydrogens (tertiary/aromatic N) is 2. The molecule has 0 saturated carbocycles. The Balaban J connectivity index is 2.35. The molecule has 1 atom stereocenters. The van der Waals surface area contributed by atoms with E-state index in [0.29, 0.717) is 12.4 Å². The zero-order valence-electron chi connectivity index (χ0n) is 10.7. The maximum absolute atomic E-state index is 13.1. The Bertz CT molecular complexity index is 549. The van der Waals surface area contributed by atoms with Gasteiger partial charge < -0.3 is 10.3 Å². The van der Waals surface area contributed by atoms with Crippen LogP contribution in [-0.2, 0) is 0 Å². The fourth-order valence-corrected chi connectivity index (χ4v) is 1.84. The lowest BCUT2D eigenvalue weighted by molar-refractivity contribution is 0.324. The van der Waals surface area contributed by atoms with Crippen LogP contribution in [0.3, 0.4) is 0 Å². The van der Waals surface area contributed by atoms with Crippen molar-refractivity contribution in [3.05, 3.63) is 35.7 Å². The first kappa shape index (κ1) is 13.6. The van der Waals surface area contributed by atoms with Crippen molar-refractivity contribution in [3.63, 3.8) is 0 Å². The quantitative estimate of drug-likeness (QED) is 0.925. The van der Waals surface area contributed by atoms with E-state index in [9.17, 15) is 8.78 Å². The topological polar surface area (TPSA) is 64.9 Å². The van der Waals surface area contributed by atoms with Crippen LogP contribution in [0.4, 0.5) is 8.78 Å². The molecule has 1 unspecified atom stereocenters. The Morgan fingerprint density at radius 3 is 2.37 bits per heavy atom. The van der Waals surface area contributed by atoms with Crippen LogP contribution in [0, 0.1) is 17.6 Å². The average molecular weight is 267 g/mol. The summed E-state index contributed by atoms with van der Waals surface area (Å²) < 4.78 is 31.4. The molecule has 1 heterocycles. The number of nitrogens with two attached hydrogens (primary N) is 1. The summed E-state index contributed by atoms with van der Waals surface area (Å²) in [5.74, 6) is -0.645. The van der Waals surface area contributed by atoms with E-state index in [2.05, 4.69) is 10.1 Å². The van der Waals surface area contributed by atoms with Crippen molar-refractivity contribution in [2.24, 2.45) is 11.7 Å². The van der Waals surface area contributed by atoms with Gasteiger partial charge in [-0.1, -0.05) is 19.0 Å². The van der Waals surface area contributed by atoms with E-state index in [0.717, 1.165) is 18.2 Å². The number of rotatable bonds is 4. The summed E-state index contributed by atoms with van der Waals surface area (Å²) in [7, 11) is 0. The van der Waals surface area contributed by atoms with Crippen LogP contribution in [0.2, 0.25) is 0 Å². The fraction of sp³-hybridized carbons (Fsp3) is 0.385. The maximum atomic E-state index is 13.1. The summed E-state index contributed by atoms with van der Waals surface area (Å²) in [6.07, 6.45) is 0. The molecule has 0 spiro atoms. The number of benzene rings is 1. The molecule has 0 radical (unpaired) electrons. The summed E-state index contributed by atoms with van der Waals surface area (Å²) in [6, 6.07) is 3.11. The molecule has 0 amide bonds. The first-order chi connectivity index (χ1) is 9.01. The molecule has 0 aliphatic rings. The molecule has 0 saturated heterocycles. The zero-order chi connectivity index (χ0) is 14.0. The Hall–Kier alpha value is -1.82. The predicted octanol–water partition coefficient (Wildman–Crippen LogP) is 2.71. The van der Waals surface area contributed by atoms with E-state index < -0.39 is 11.6 Å². The Kier molecular flexibility index (Phi) is 3.90. The van der Waals surface area contributed by atoms with E-state index in [1.165, 1.54) is 0 Å². The highest BCUT2D eigenvalue weighted by Crippen LogP contribution is 2.25. The van der Waals surface area contributed by atoms with Gasteiger partial charge in [-0.15, -0.1) is 0 Å². The summed E-state index contributed by atoms with van der Waals surface area (Å²) in [5, 5.41) is 3.74. The van der Waals surface area contributed by atoms with Crippen molar-refractivity contribution >= 4 is 0 Å². The van der Waals surface area contributed by atoms with Gasteiger partial charge in [-0.3, -0.25) is 0 Å². The molecular weight excluding hydrogens is 252 g/mol. The maximum Gasteiger partial charge on any atom is 0.231 e. The number of aromatic nitrogens is 2. The summed E-state index contributed by atoms with van der Waals surface area (Å²) >= 11 is 0. The van der Waals surface area contributed by atoms with Crippen LogP contribution in [-0.4, -0.2) is 16.7 Å². The second-order valence-corrected chi connectivity index (χ2v) is 4.70. The minimum Gasteiger partial charge on any atom is -0.339 e. The Morgan fingerprint density at radius 1 is 1.21 bits per heavy atom. The summed E-state index contributed by atoms with van der Waals surface area (Å²) in [4.78, 5) is 4.16. The zero-order valence-corrected chi connectivity index (χ0v) is 10.7. The fourth-order valence-electron chi connectivity index (χ4n) is 1.84. The monoisotopic (exact) mass is 267 g/mol. The van der Waals surface area contributed by atoms with E-state index in [4.69, 9.17) is 10.3 Å². The third-order valence-corrected chi connectivity index (χ3v) is 2.94. The number of hydrogen-bond acceptors (Lipinski definition) is 4. The first-order valence-electron chi connectivity index (χ1n) is 6.01. The second-order valence-electron chi connectivity index (χ2n) is 4.70. The van der Waals surface area contributed by atoms with Gasteiger partial charge in [-0.2, -0.15) is 4.98 Å². The molecule has 1 aromatic carbocycles. The van der Waals surface area contributed by atoms with Crippen molar-refractivity contribution in [2.75, 3.05) is 6.54 Å². The highest BCUT2D eigenvalue weighted by atomic mass is 19.1. The van der Waals surface area contributed by atoms with Crippen LogP contribution in [0.25, 0.3) is 11.4 Å². The lowest BCUT2D eigenvalue weighted by Crippen LogP contribution is -2.18. The molecule has 2 rings (SSSR count). The minimum absolute atomic E-state index is 0.0698. The van der Waals surface area contributed by atoms with Gasteiger partial charge in [0, 0.05) is 18.2 Å². The smallest absolute Gasteiger partial charge is 0.231 e. The third-order valence-electron chi connectivity index (χ3n) is 2.94. The largest absolute Gasteiger partial charge is 0.339 e. The summed E-state index contributed by atoms with van der Waals surface area (Å²) in [5.41, 5.74) is 5.90. The van der Waals surface area contributed by atoms with Crippen LogP contribution < -0.4 is 5.73 Å². The second kappa shape index (κ2) is 5.44. The van der Waals surface area contributed by atoms with Crippen molar-refractivity contribution in [1.82, 2.24) is 10.1 Å². The Labute approximate surface area is 109 Å². The molecule has 0 aliphatic carbocycles. The third kappa shape index (κ3) is 2.96. The number of hydrogen-bond donors (Lipinski definition) is 1. The molecular formula is C13H15F2N3O. The Morgan fingerprint density at radius 2 is 1.84 bits per heavy atom. The van der Waals surface area contributed by atoms with E-state index in [1.807, 2.05) is 13.8 Å². The minimum atomic E-state index is -0.680. The van der Waals surface area contributed by atoms with Crippen molar-refractivity contribution in [3.8, 4) is 11.4 Å². The molecule has 2 aromatic rings. The van der Waals surface area contributed by atoms with Gasteiger partial charge in [0.15, 0.2) is 0 Å². The molecule has 0 fully saturated rings. The molecule has 0 bridgehead atoms. The van der Waals surface area contributed by atoms with Gasteiger partial charge in [0.2, 0.25) is 11.7 Å². The molecule has 6 heteroatoms. The van der Waals surface area contributed by atoms with Gasteiger partial charge >= 0.3 is 0 Å². The van der Waals surface area contributed by atoms with Gasteiger partial charge in [0.05, 0.1) is 5.92 Å². The van der Waals surface area contributed by atoms with Gasteiger partial charge in [-0.05, 0) is 18.1 Å². The standard InChI is InChI=1S/C13H15F2N3O/c1-7(2)11(6-16)13-17-12(18-19-13)8-3-9(14)5-10(15)4-8/h3-5,7,11H,6,16H2,1-2H3. The van der Waals surface area contributed by atoms with E-state index >= 15 is 0 Å². The lowest BCUT2D eigenvalue weighted by atomic mass is 9.96. The molecule has 2 N–H and O–H groups in total. The SMILES string of the molecule is CC(C)C(CN)c1nc(-c2cc(F)cc(F)c2)no1. The molecule has 4 nitrogen and oxygen atoms in total. The normalized spacial score (nSPS) is 12.9. The van der Waals surface area contributed by atoms with Crippen LogP contribution >= 0.6 is 0 Å². The molecule has 19 heavy (non-hydrogen) atoms. The van der Waals surface area contributed by atoms with Crippen molar-refractivity contribution < 1.29 is 13.3 Å². The van der Waals surface area contributed by atoms with Crippen LogP contribution in [0.15, 0.2) is 22.7 Å². The van der Waals surface area contributed by atoms with Gasteiger partial charge in [-0.25, -0.2) is 8.78 Å². The highest BCUT2D eigenvalue weighted by molar-refractivity contribution is 5.54. The van der Waals surface area contributed by atoms with Gasteiger partial charge in [0.25, 0.3) is 0 Å². The highest BCUT2D eigenvalue weighted by Gasteiger charge is 2.21. The molecule has 1 aromatic heterocycles. The lowest BCUT2D eigenvalue weighted by Gasteiger charge is -2.13. The molecule has 102 valence electrons. The predicted molar refractivity (Wildman–Crippen MR) is 66.3 cm³/mol. The van der Waals surface area contributed by atoms with Crippen molar-refractivity contribution in [1.29, 1.82) is 0 Å². The average Bonchev–Trinajstić information content (AvgIpc) is 2.77.